The number of benzene rings is 1. The predicted molar refractivity (Wildman–Crippen MR) is 112 cm³/mol. The molecule has 2 aromatic rings. The van der Waals surface area contributed by atoms with E-state index in [2.05, 4.69) is 41.9 Å². The van der Waals surface area contributed by atoms with Crippen LogP contribution in [0.2, 0.25) is 0 Å². The van der Waals surface area contributed by atoms with Crippen molar-refractivity contribution in [3.63, 3.8) is 0 Å². The summed E-state index contributed by atoms with van der Waals surface area (Å²) in [6.07, 6.45) is 4.98. The number of amides is 1. The highest BCUT2D eigenvalue weighted by Gasteiger charge is 2.29. The zero-order valence-electron chi connectivity index (χ0n) is 17.6. The van der Waals surface area contributed by atoms with E-state index in [1.165, 1.54) is 11.1 Å². The van der Waals surface area contributed by atoms with Gasteiger partial charge in [-0.15, -0.1) is 0 Å². The summed E-state index contributed by atoms with van der Waals surface area (Å²) < 4.78 is 6.12. The lowest BCUT2D eigenvalue weighted by molar-refractivity contribution is -0.129. The molecule has 3 heterocycles. The number of rotatable bonds is 5. The van der Waals surface area contributed by atoms with Crippen molar-refractivity contribution in [2.75, 3.05) is 26.2 Å². The van der Waals surface area contributed by atoms with Gasteiger partial charge in [-0.2, -0.15) is 0 Å². The van der Waals surface area contributed by atoms with Crippen molar-refractivity contribution in [2.45, 2.75) is 52.6 Å². The Morgan fingerprint density at radius 3 is 2.79 bits per heavy atom. The van der Waals surface area contributed by atoms with Crippen LogP contribution in [0.5, 0.6) is 5.75 Å². The monoisotopic (exact) mass is 394 g/mol. The van der Waals surface area contributed by atoms with Crippen LogP contribution in [-0.4, -0.2) is 51.9 Å². The van der Waals surface area contributed by atoms with Gasteiger partial charge in [-0.25, -0.2) is 9.97 Å². The van der Waals surface area contributed by atoms with E-state index in [0.29, 0.717) is 13.2 Å². The first-order chi connectivity index (χ1) is 14.0. The molecular weight excluding hydrogens is 364 g/mol. The van der Waals surface area contributed by atoms with Crippen molar-refractivity contribution < 1.29 is 9.53 Å². The largest absolute Gasteiger partial charge is 0.492 e. The molecule has 1 aromatic carbocycles. The van der Waals surface area contributed by atoms with Gasteiger partial charge < -0.3 is 9.64 Å². The van der Waals surface area contributed by atoms with Crippen LogP contribution in [0.1, 0.15) is 54.0 Å². The Balaban J connectivity index is 1.40. The van der Waals surface area contributed by atoms with Gasteiger partial charge in [0.15, 0.2) is 0 Å². The van der Waals surface area contributed by atoms with Crippen LogP contribution in [0.15, 0.2) is 24.4 Å². The minimum Gasteiger partial charge on any atom is -0.492 e. The molecule has 0 bridgehead atoms. The smallest absolute Gasteiger partial charge is 0.219 e. The second-order valence-electron chi connectivity index (χ2n) is 8.15. The number of aromatic nitrogens is 2. The summed E-state index contributed by atoms with van der Waals surface area (Å²) in [4.78, 5) is 25.5. The Morgan fingerprint density at radius 2 is 2.03 bits per heavy atom. The number of ether oxygens (including phenoxy) is 1. The average molecular weight is 395 g/mol. The summed E-state index contributed by atoms with van der Waals surface area (Å²) >= 11 is 0. The van der Waals surface area contributed by atoms with Crippen LogP contribution in [0.25, 0.3) is 0 Å². The lowest BCUT2D eigenvalue weighted by Crippen LogP contribution is -2.35. The molecule has 154 valence electrons. The van der Waals surface area contributed by atoms with Crippen molar-refractivity contribution in [1.82, 2.24) is 19.8 Å². The zero-order valence-corrected chi connectivity index (χ0v) is 17.6. The molecule has 1 amide bonds. The summed E-state index contributed by atoms with van der Waals surface area (Å²) in [6, 6.07) is 6.51. The van der Waals surface area contributed by atoms with Crippen molar-refractivity contribution >= 4 is 5.91 Å². The van der Waals surface area contributed by atoms with E-state index in [1.54, 1.807) is 6.92 Å². The first-order valence-corrected chi connectivity index (χ1v) is 10.6. The normalized spacial score (nSPS) is 19.3. The highest BCUT2D eigenvalue weighted by Crippen LogP contribution is 2.31. The maximum atomic E-state index is 11.6. The molecular formula is C23H30N4O2. The van der Waals surface area contributed by atoms with Gasteiger partial charge in [0.25, 0.3) is 0 Å². The number of likely N-dealkylation sites (tertiary alicyclic amines) is 1. The number of fused-ring (bicyclic) bond motifs is 1. The van der Waals surface area contributed by atoms with Crippen LogP contribution in [0.4, 0.5) is 0 Å². The maximum Gasteiger partial charge on any atom is 0.219 e. The zero-order chi connectivity index (χ0) is 20.4. The molecule has 1 atom stereocenters. The molecule has 6 heteroatoms. The number of carbonyl (C=O) groups excluding carboxylic acids is 1. The van der Waals surface area contributed by atoms with Crippen LogP contribution < -0.4 is 4.74 Å². The van der Waals surface area contributed by atoms with E-state index in [1.807, 2.05) is 11.1 Å². The van der Waals surface area contributed by atoms with E-state index >= 15 is 0 Å². The van der Waals surface area contributed by atoms with Crippen LogP contribution in [-0.2, 0) is 17.8 Å². The van der Waals surface area contributed by atoms with Gasteiger partial charge in [-0.05, 0) is 44.4 Å². The topological polar surface area (TPSA) is 58.6 Å². The van der Waals surface area contributed by atoms with Gasteiger partial charge >= 0.3 is 0 Å². The Kier molecular flexibility index (Phi) is 5.81. The van der Waals surface area contributed by atoms with E-state index in [4.69, 9.17) is 9.72 Å². The fourth-order valence-corrected chi connectivity index (χ4v) is 4.44. The third-order valence-corrected chi connectivity index (χ3v) is 6.09. The average Bonchev–Trinajstić information content (AvgIpc) is 3.18. The Bertz CT molecular complexity index is 878. The van der Waals surface area contributed by atoms with Crippen LogP contribution in [0.3, 0.4) is 0 Å². The van der Waals surface area contributed by atoms with Gasteiger partial charge in [0.2, 0.25) is 5.91 Å². The molecule has 0 spiro atoms. The maximum absolute atomic E-state index is 11.6. The minimum absolute atomic E-state index is 0.116. The molecule has 2 aliphatic rings. The second kappa shape index (κ2) is 8.49. The third-order valence-electron chi connectivity index (χ3n) is 6.09. The third kappa shape index (κ3) is 4.27. The first kappa shape index (κ1) is 19.8. The lowest BCUT2D eigenvalue weighted by Gasteiger charge is -2.28. The standard InChI is InChI=1S/C23H30N4O2/c1-16-6-4-7-17(2)22(16)29-13-12-26-10-5-8-21(26)23-24-14-19-15-27(18(3)28)11-9-20(19)25-23/h4,6-7,14,21H,5,8-13,15H2,1-3H3/t21-/m1/s1. The summed E-state index contributed by atoms with van der Waals surface area (Å²) in [7, 11) is 0. The van der Waals surface area contributed by atoms with Gasteiger partial charge in [-0.1, -0.05) is 18.2 Å². The number of carbonyl (C=O) groups is 1. The molecule has 0 saturated carbocycles. The second-order valence-corrected chi connectivity index (χ2v) is 8.15. The highest BCUT2D eigenvalue weighted by molar-refractivity contribution is 5.73. The minimum atomic E-state index is 0.116. The molecule has 0 unspecified atom stereocenters. The lowest BCUT2D eigenvalue weighted by atomic mass is 10.1. The number of hydrogen-bond donors (Lipinski definition) is 0. The van der Waals surface area contributed by atoms with E-state index in [9.17, 15) is 4.79 Å². The Hall–Kier alpha value is -2.47. The molecule has 4 rings (SSSR count). The Morgan fingerprint density at radius 1 is 1.24 bits per heavy atom. The molecule has 29 heavy (non-hydrogen) atoms. The molecule has 0 radical (unpaired) electrons. The van der Waals surface area contributed by atoms with Crippen molar-refractivity contribution in [3.05, 3.63) is 52.6 Å². The molecule has 1 saturated heterocycles. The summed E-state index contributed by atoms with van der Waals surface area (Å²) in [5, 5.41) is 0. The molecule has 1 aromatic heterocycles. The van der Waals surface area contributed by atoms with Crippen molar-refractivity contribution in [1.29, 1.82) is 0 Å². The SMILES string of the molecule is CC(=O)N1CCc2nc([C@H]3CCCN3CCOc3c(C)cccc3C)ncc2C1. The van der Waals surface area contributed by atoms with E-state index in [0.717, 1.165) is 61.7 Å². The Labute approximate surface area is 172 Å². The number of nitrogens with zero attached hydrogens (tertiary/aromatic N) is 4. The van der Waals surface area contributed by atoms with Gasteiger partial charge in [0.05, 0.1) is 11.7 Å². The van der Waals surface area contributed by atoms with Gasteiger partial charge in [0, 0.05) is 44.7 Å². The summed E-state index contributed by atoms with van der Waals surface area (Å²) in [5.74, 6) is 2.04. The molecule has 2 aliphatic heterocycles. The molecule has 1 fully saturated rings. The van der Waals surface area contributed by atoms with Crippen LogP contribution in [0, 0.1) is 13.8 Å². The van der Waals surface area contributed by atoms with Gasteiger partial charge in [-0.3, -0.25) is 9.69 Å². The fraction of sp³-hybridized carbons (Fsp3) is 0.522. The number of aryl methyl sites for hydroxylation is 2. The molecule has 6 nitrogen and oxygen atoms in total. The molecule has 0 aliphatic carbocycles. The predicted octanol–water partition coefficient (Wildman–Crippen LogP) is 3.21. The first-order valence-electron chi connectivity index (χ1n) is 10.6. The van der Waals surface area contributed by atoms with E-state index in [-0.39, 0.29) is 11.9 Å². The quantitative estimate of drug-likeness (QED) is 0.779. The summed E-state index contributed by atoms with van der Waals surface area (Å²) in [6.45, 7) is 9.78. The fourth-order valence-electron chi connectivity index (χ4n) is 4.44. The number of para-hydroxylation sites is 1. The summed E-state index contributed by atoms with van der Waals surface area (Å²) in [5.41, 5.74) is 4.55. The molecule has 0 N–H and O–H groups in total. The number of hydrogen-bond acceptors (Lipinski definition) is 5. The van der Waals surface area contributed by atoms with E-state index < -0.39 is 0 Å². The van der Waals surface area contributed by atoms with Crippen molar-refractivity contribution in [2.24, 2.45) is 0 Å². The van der Waals surface area contributed by atoms with Gasteiger partial charge in [0.1, 0.15) is 18.2 Å². The van der Waals surface area contributed by atoms with Crippen molar-refractivity contribution in [3.8, 4) is 5.75 Å². The van der Waals surface area contributed by atoms with Crippen LogP contribution >= 0.6 is 0 Å². The highest BCUT2D eigenvalue weighted by atomic mass is 16.5.